The van der Waals surface area contributed by atoms with Crippen LogP contribution in [0.2, 0.25) is 0 Å². The normalized spacial score (nSPS) is 15.2. The van der Waals surface area contributed by atoms with E-state index in [1.807, 2.05) is 61.2 Å². The summed E-state index contributed by atoms with van der Waals surface area (Å²) < 4.78 is 0. The monoisotopic (exact) mass is 380 g/mol. The number of nitrogens with one attached hydrogen (secondary N) is 1. The van der Waals surface area contributed by atoms with Crippen LogP contribution >= 0.6 is 0 Å². The molecule has 2 amide bonds. The lowest BCUT2D eigenvalue weighted by Crippen LogP contribution is -2.48. The van der Waals surface area contributed by atoms with Gasteiger partial charge in [-0.05, 0) is 24.1 Å². The zero-order valence-corrected chi connectivity index (χ0v) is 16.6. The van der Waals surface area contributed by atoms with Crippen LogP contribution in [-0.4, -0.2) is 47.9 Å². The van der Waals surface area contributed by atoms with Crippen molar-refractivity contribution in [1.29, 1.82) is 0 Å². The molecule has 1 aromatic carbocycles. The Morgan fingerprint density at radius 1 is 1.04 bits per heavy atom. The van der Waals surface area contributed by atoms with Crippen LogP contribution in [0, 0.1) is 0 Å². The molecule has 2 aromatic rings. The Kier molecular flexibility index (Phi) is 6.63. The average molecular weight is 380 g/mol. The summed E-state index contributed by atoms with van der Waals surface area (Å²) in [7, 11) is 0. The molecule has 0 aliphatic carbocycles. The first kappa shape index (κ1) is 19.9. The van der Waals surface area contributed by atoms with E-state index >= 15 is 0 Å². The number of hydrogen-bond donors (Lipinski definition) is 1. The Hall–Kier alpha value is -2.89. The van der Waals surface area contributed by atoms with E-state index in [0.717, 1.165) is 44.0 Å². The number of nitrogens with zero attached hydrogens (tertiary/aromatic N) is 3. The van der Waals surface area contributed by atoms with Crippen LogP contribution in [0.15, 0.2) is 48.7 Å². The van der Waals surface area contributed by atoms with Gasteiger partial charge in [0.1, 0.15) is 5.82 Å². The molecule has 0 unspecified atom stereocenters. The lowest BCUT2D eigenvalue weighted by atomic mass is 9.95. The fraction of sp³-hybridized carbons (Fsp3) is 0.409. The molecule has 2 heterocycles. The first-order chi connectivity index (χ1) is 13.6. The third-order valence-electron chi connectivity index (χ3n) is 5.20. The van der Waals surface area contributed by atoms with Gasteiger partial charge in [-0.15, -0.1) is 0 Å². The van der Waals surface area contributed by atoms with Crippen molar-refractivity contribution >= 4 is 23.3 Å². The molecule has 6 nitrogen and oxygen atoms in total. The largest absolute Gasteiger partial charge is 0.353 e. The highest BCUT2D eigenvalue weighted by Gasteiger charge is 2.21. The highest BCUT2D eigenvalue weighted by molar-refractivity contribution is 5.95. The van der Waals surface area contributed by atoms with Crippen LogP contribution in [0.1, 0.15) is 38.2 Å². The Labute approximate surface area is 166 Å². The molecular formula is C22H28N4O2. The summed E-state index contributed by atoms with van der Waals surface area (Å²) in [5.74, 6) is 0.881. The van der Waals surface area contributed by atoms with E-state index in [9.17, 15) is 9.59 Å². The highest BCUT2D eigenvalue weighted by atomic mass is 16.2. The first-order valence-corrected chi connectivity index (χ1v) is 9.97. The van der Waals surface area contributed by atoms with E-state index in [1.165, 1.54) is 0 Å². The van der Waals surface area contributed by atoms with Crippen LogP contribution in [0.25, 0.3) is 0 Å². The van der Waals surface area contributed by atoms with Crippen molar-refractivity contribution in [3.8, 4) is 0 Å². The Balaban J connectivity index is 1.59. The number of carbonyl (C=O) groups is 2. The van der Waals surface area contributed by atoms with Gasteiger partial charge in [0.2, 0.25) is 11.8 Å². The number of rotatable bonds is 6. The van der Waals surface area contributed by atoms with Gasteiger partial charge in [-0.1, -0.05) is 44.2 Å². The minimum Gasteiger partial charge on any atom is -0.353 e. The van der Waals surface area contributed by atoms with Gasteiger partial charge >= 0.3 is 0 Å². The molecule has 0 spiro atoms. The van der Waals surface area contributed by atoms with Gasteiger partial charge in [0.25, 0.3) is 0 Å². The second-order valence-corrected chi connectivity index (χ2v) is 6.99. The van der Waals surface area contributed by atoms with Gasteiger partial charge in [-0.25, -0.2) is 4.98 Å². The van der Waals surface area contributed by atoms with Crippen molar-refractivity contribution in [2.75, 3.05) is 36.4 Å². The summed E-state index contributed by atoms with van der Waals surface area (Å²) in [6.45, 7) is 6.91. The number of aromatic nitrogens is 1. The van der Waals surface area contributed by atoms with E-state index in [2.05, 4.69) is 15.2 Å². The van der Waals surface area contributed by atoms with Crippen LogP contribution in [-0.2, 0) is 9.59 Å². The SMILES string of the molecule is CCC(=O)N1CCN(c2ccc(NC(=O)[C@H](CC)c3ccccc3)cn2)CC1. The van der Waals surface area contributed by atoms with Crippen molar-refractivity contribution in [3.63, 3.8) is 0 Å². The minimum absolute atomic E-state index is 0.0186. The van der Waals surface area contributed by atoms with E-state index in [4.69, 9.17) is 0 Å². The summed E-state index contributed by atoms with van der Waals surface area (Å²) in [6.07, 6.45) is 2.99. The molecule has 28 heavy (non-hydrogen) atoms. The van der Waals surface area contributed by atoms with E-state index in [0.29, 0.717) is 12.1 Å². The number of anilines is 2. The summed E-state index contributed by atoms with van der Waals surface area (Å²) in [5, 5.41) is 2.98. The fourth-order valence-electron chi connectivity index (χ4n) is 3.54. The van der Waals surface area contributed by atoms with E-state index < -0.39 is 0 Å². The predicted molar refractivity (Wildman–Crippen MR) is 111 cm³/mol. The Morgan fingerprint density at radius 3 is 2.32 bits per heavy atom. The van der Waals surface area contributed by atoms with Crippen LogP contribution in [0.4, 0.5) is 11.5 Å². The molecule has 148 valence electrons. The molecule has 1 N–H and O–H groups in total. The van der Waals surface area contributed by atoms with Crippen molar-refractivity contribution in [3.05, 3.63) is 54.2 Å². The van der Waals surface area contributed by atoms with E-state index in [1.54, 1.807) is 6.20 Å². The maximum atomic E-state index is 12.7. The number of amides is 2. The maximum Gasteiger partial charge on any atom is 0.231 e. The minimum atomic E-state index is -0.176. The fourth-order valence-corrected chi connectivity index (χ4v) is 3.54. The highest BCUT2D eigenvalue weighted by Crippen LogP contribution is 2.22. The molecule has 0 saturated carbocycles. The standard InChI is InChI=1S/C22H28N4O2/c1-3-19(17-8-6-5-7-9-17)22(28)24-18-10-11-20(23-16-18)25-12-14-26(15-13-25)21(27)4-2/h5-11,16,19H,3-4,12-15H2,1-2H3,(H,24,28)/t19-/m1/s1. The molecule has 1 aliphatic heterocycles. The molecule has 1 aliphatic rings. The molecule has 1 saturated heterocycles. The Morgan fingerprint density at radius 2 is 1.75 bits per heavy atom. The van der Waals surface area contributed by atoms with Gasteiger partial charge in [0.05, 0.1) is 17.8 Å². The molecule has 1 atom stereocenters. The number of carbonyl (C=O) groups excluding carboxylic acids is 2. The van der Waals surface area contributed by atoms with Crippen LogP contribution in [0.3, 0.4) is 0 Å². The van der Waals surface area contributed by atoms with Crippen molar-refractivity contribution < 1.29 is 9.59 Å². The zero-order valence-electron chi connectivity index (χ0n) is 16.6. The Bertz CT molecular complexity index is 784. The molecule has 6 heteroatoms. The molecule has 3 rings (SSSR count). The number of piperazine rings is 1. The lowest BCUT2D eigenvalue weighted by Gasteiger charge is -2.35. The zero-order chi connectivity index (χ0) is 19.9. The van der Waals surface area contributed by atoms with E-state index in [-0.39, 0.29) is 17.7 Å². The third kappa shape index (κ3) is 4.68. The lowest BCUT2D eigenvalue weighted by molar-refractivity contribution is -0.131. The number of pyridine rings is 1. The van der Waals surface area contributed by atoms with Crippen LogP contribution in [0.5, 0.6) is 0 Å². The maximum absolute atomic E-state index is 12.7. The van der Waals surface area contributed by atoms with Gasteiger partial charge in [0.15, 0.2) is 0 Å². The number of hydrogen-bond acceptors (Lipinski definition) is 4. The van der Waals surface area contributed by atoms with Gasteiger partial charge in [-0.2, -0.15) is 0 Å². The van der Waals surface area contributed by atoms with Crippen molar-refractivity contribution in [1.82, 2.24) is 9.88 Å². The summed E-state index contributed by atoms with van der Waals surface area (Å²) in [6, 6.07) is 13.6. The molecule has 1 aromatic heterocycles. The molecule has 1 fully saturated rings. The third-order valence-corrected chi connectivity index (χ3v) is 5.20. The average Bonchev–Trinajstić information content (AvgIpc) is 2.75. The molecular weight excluding hydrogens is 352 g/mol. The summed E-state index contributed by atoms with van der Waals surface area (Å²) in [5.41, 5.74) is 1.72. The second kappa shape index (κ2) is 9.35. The predicted octanol–water partition coefficient (Wildman–Crippen LogP) is 3.27. The van der Waals surface area contributed by atoms with Gasteiger partial charge in [0, 0.05) is 32.6 Å². The smallest absolute Gasteiger partial charge is 0.231 e. The van der Waals surface area contributed by atoms with Crippen molar-refractivity contribution in [2.24, 2.45) is 0 Å². The summed E-state index contributed by atoms with van der Waals surface area (Å²) >= 11 is 0. The topological polar surface area (TPSA) is 65.5 Å². The second-order valence-electron chi connectivity index (χ2n) is 6.99. The molecule has 0 radical (unpaired) electrons. The summed E-state index contributed by atoms with van der Waals surface area (Å²) in [4.78, 5) is 33.0. The quantitative estimate of drug-likeness (QED) is 0.835. The first-order valence-electron chi connectivity index (χ1n) is 9.97. The molecule has 0 bridgehead atoms. The van der Waals surface area contributed by atoms with Gasteiger partial charge in [-0.3, -0.25) is 9.59 Å². The number of benzene rings is 1. The van der Waals surface area contributed by atoms with Gasteiger partial charge < -0.3 is 15.1 Å². The van der Waals surface area contributed by atoms with Crippen molar-refractivity contribution in [2.45, 2.75) is 32.6 Å². The van der Waals surface area contributed by atoms with Crippen LogP contribution < -0.4 is 10.2 Å².